The lowest BCUT2D eigenvalue weighted by molar-refractivity contribution is 0.185. The van der Waals surface area contributed by atoms with Crippen molar-refractivity contribution < 1.29 is 5.11 Å². The van der Waals surface area contributed by atoms with E-state index >= 15 is 0 Å². The van der Waals surface area contributed by atoms with E-state index in [4.69, 9.17) is 0 Å². The van der Waals surface area contributed by atoms with Crippen LogP contribution >= 0.6 is 10.7 Å². The molecule has 4 heteroatoms. The molecule has 21 heavy (non-hydrogen) atoms. The molecular formula is C17H25N2OS+. The number of thiophene rings is 1. The fraction of sp³-hybridized carbons (Fsp3) is 0.588. The highest BCUT2D eigenvalue weighted by Gasteiger charge is 2.28. The van der Waals surface area contributed by atoms with Crippen LogP contribution in [0, 0.1) is 0 Å². The molecule has 1 aliphatic rings. The first kappa shape index (κ1) is 14.8. The van der Waals surface area contributed by atoms with E-state index in [-0.39, 0.29) is 16.8 Å². The Balaban J connectivity index is 1.91. The minimum Gasteiger partial charge on any atom is -0.393 e. The number of hydrogen-bond donors (Lipinski definition) is 1. The van der Waals surface area contributed by atoms with E-state index in [1.807, 2.05) is 19.4 Å². The molecule has 3 rings (SSSR count). The fourth-order valence-corrected chi connectivity index (χ4v) is 5.34. The lowest BCUT2D eigenvalue weighted by Crippen LogP contribution is -2.08. The fourth-order valence-electron chi connectivity index (χ4n) is 3.36. The van der Waals surface area contributed by atoms with Crippen molar-refractivity contribution in [1.29, 1.82) is 0 Å². The second kappa shape index (κ2) is 6.75. The summed E-state index contributed by atoms with van der Waals surface area (Å²) in [6.07, 6.45) is 14.2. The second-order valence-electron chi connectivity index (χ2n) is 6.14. The summed E-state index contributed by atoms with van der Waals surface area (Å²) in [4.78, 5) is 5.73. The molecule has 2 aromatic rings. The molecule has 1 N–H and O–H groups in total. The van der Waals surface area contributed by atoms with Gasteiger partial charge in [0.15, 0.2) is 10.3 Å². The number of hydrogen-bond acceptors (Lipinski definition) is 2. The number of rotatable bonds is 5. The molecule has 114 valence electrons. The highest BCUT2D eigenvalue weighted by atomic mass is 32.2. The van der Waals surface area contributed by atoms with Crippen LogP contribution in [-0.2, 0) is 6.42 Å². The van der Waals surface area contributed by atoms with Crippen LogP contribution in [0.2, 0.25) is 0 Å². The van der Waals surface area contributed by atoms with Crippen LogP contribution in [0.15, 0.2) is 30.2 Å². The highest BCUT2D eigenvalue weighted by Crippen LogP contribution is 2.41. The van der Waals surface area contributed by atoms with Crippen molar-refractivity contribution in [2.45, 2.75) is 63.9 Å². The lowest BCUT2D eigenvalue weighted by Gasteiger charge is -2.21. The van der Waals surface area contributed by atoms with E-state index in [1.54, 1.807) is 5.56 Å². The average molecular weight is 305 g/mol. The Kier molecular flexibility index (Phi) is 4.76. The van der Waals surface area contributed by atoms with Gasteiger partial charge < -0.3 is 5.11 Å². The first-order chi connectivity index (χ1) is 10.3. The molecule has 2 heterocycles. The summed E-state index contributed by atoms with van der Waals surface area (Å²) in [7, 11) is -0.00340. The standard InChI is InChI=1S/C17H25N2OS/c1-14(20)7-8-17-16(15-5-3-2-4-6-15)9-12-21(17)19-11-10-18-13-19/h9-15,20H,2-8H2,1H3/q+1. The van der Waals surface area contributed by atoms with Crippen molar-refractivity contribution in [3.05, 3.63) is 40.6 Å². The van der Waals surface area contributed by atoms with Gasteiger partial charge in [0, 0.05) is 18.1 Å². The molecule has 1 aliphatic carbocycles. The summed E-state index contributed by atoms with van der Waals surface area (Å²) in [5.74, 6) is 0.736. The maximum Gasteiger partial charge on any atom is 0.182 e. The molecule has 2 unspecified atom stereocenters. The first-order valence-corrected chi connectivity index (χ1v) is 9.31. The van der Waals surface area contributed by atoms with Crippen LogP contribution in [0.1, 0.15) is 61.8 Å². The van der Waals surface area contributed by atoms with E-state index in [9.17, 15) is 5.11 Å². The minimum atomic E-state index is -0.223. The van der Waals surface area contributed by atoms with Gasteiger partial charge in [0.2, 0.25) is 0 Å². The van der Waals surface area contributed by atoms with Crippen LogP contribution in [-0.4, -0.2) is 20.2 Å². The molecule has 0 bridgehead atoms. The zero-order valence-corrected chi connectivity index (χ0v) is 13.6. The third kappa shape index (κ3) is 3.38. The summed E-state index contributed by atoms with van der Waals surface area (Å²) < 4.78 is 2.21. The summed E-state index contributed by atoms with van der Waals surface area (Å²) in [6.45, 7) is 1.89. The van der Waals surface area contributed by atoms with Gasteiger partial charge in [-0.05, 0) is 32.1 Å². The van der Waals surface area contributed by atoms with Gasteiger partial charge >= 0.3 is 0 Å². The van der Waals surface area contributed by atoms with Gasteiger partial charge in [-0.25, -0.2) is 4.98 Å². The van der Waals surface area contributed by atoms with Gasteiger partial charge in [-0.3, -0.25) is 0 Å². The Hall–Kier alpha value is -1.13. The molecule has 3 nitrogen and oxygen atoms in total. The molecule has 0 radical (unpaired) electrons. The van der Waals surface area contributed by atoms with E-state index < -0.39 is 0 Å². The quantitative estimate of drug-likeness (QED) is 0.836. The summed E-state index contributed by atoms with van der Waals surface area (Å²) in [5, 5.41) is 12.0. The summed E-state index contributed by atoms with van der Waals surface area (Å²) >= 11 is 0. The molecular weight excluding hydrogens is 280 g/mol. The third-order valence-electron chi connectivity index (χ3n) is 4.49. The topological polar surface area (TPSA) is 38.0 Å². The number of nitrogens with zero attached hydrogens (tertiary/aromatic N) is 2. The first-order valence-electron chi connectivity index (χ1n) is 8.06. The van der Waals surface area contributed by atoms with Crippen molar-refractivity contribution in [2.24, 2.45) is 0 Å². The Morgan fingerprint density at radius 2 is 2.19 bits per heavy atom. The van der Waals surface area contributed by atoms with Crippen molar-refractivity contribution in [3.63, 3.8) is 0 Å². The summed E-state index contributed by atoms with van der Waals surface area (Å²) in [5.41, 5.74) is 1.56. The predicted molar refractivity (Wildman–Crippen MR) is 87.8 cm³/mol. The van der Waals surface area contributed by atoms with E-state index in [0.29, 0.717) is 0 Å². The van der Waals surface area contributed by atoms with Crippen LogP contribution in [0.25, 0.3) is 0 Å². The van der Waals surface area contributed by atoms with E-state index in [2.05, 4.69) is 26.6 Å². The molecule has 0 spiro atoms. The zero-order valence-electron chi connectivity index (χ0n) is 12.7. The van der Waals surface area contributed by atoms with Gasteiger partial charge in [0.05, 0.1) is 18.5 Å². The Morgan fingerprint density at radius 3 is 2.86 bits per heavy atom. The highest BCUT2D eigenvalue weighted by molar-refractivity contribution is 7.28. The largest absolute Gasteiger partial charge is 0.393 e. The molecule has 2 atom stereocenters. The van der Waals surface area contributed by atoms with Crippen molar-refractivity contribution in [1.82, 2.24) is 8.96 Å². The average Bonchev–Trinajstić information content (AvgIpc) is 3.15. The van der Waals surface area contributed by atoms with Gasteiger partial charge in [0.1, 0.15) is 17.0 Å². The number of aliphatic hydroxyl groups excluding tert-OH is 1. The molecule has 2 aromatic heterocycles. The zero-order chi connectivity index (χ0) is 14.7. The number of imidazole rings is 1. The maximum absolute atomic E-state index is 9.67. The molecule has 1 saturated carbocycles. The predicted octanol–water partition coefficient (Wildman–Crippen LogP) is 4.30. The smallest absolute Gasteiger partial charge is 0.182 e. The van der Waals surface area contributed by atoms with Gasteiger partial charge in [0.25, 0.3) is 0 Å². The Bertz CT molecular complexity index is 553. The summed E-state index contributed by atoms with van der Waals surface area (Å²) in [6, 6.07) is 2.36. The van der Waals surface area contributed by atoms with Gasteiger partial charge in [-0.2, -0.15) is 0 Å². The van der Waals surface area contributed by atoms with Crippen molar-refractivity contribution >= 4 is 10.7 Å². The molecule has 0 aromatic carbocycles. The van der Waals surface area contributed by atoms with Crippen LogP contribution in [0.5, 0.6) is 0 Å². The van der Waals surface area contributed by atoms with E-state index in [1.165, 1.54) is 37.0 Å². The van der Waals surface area contributed by atoms with Crippen molar-refractivity contribution in [2.75, 3.05) is 0 Å². The van der Waals surface area contributed by atoms with Crippen LogP contribution < -0.4 is 0 Å². The van der Waals surface area contributed by atoms with Crippen LogP contribution in [0.4, 0.5) is 0 Å². The molecule has 0 aliphatic heterocycles. The number of aromatic nitrogens is 2. The monoisotopic (exact) mass is 305 g/mol. The lowest BCUT2D eigenvalue weighted by atomic mass is 9.84. The number of aliphatic hydroxyl groups is 1. The van der Waals surface area contributed by atoms with E-state index in [0.717, 1.165) is 18.8 Å². The molecule has 0 amide bonds. The Labute approximate surface area is 129 Å². The molecule has 1 fully saturated rings. The maximum atomic E-state index is 9.67. The van der Waals surface area contributed by atoms with Crippen LogP contribution in [0.3, 0.4) is 0 Å². The normalized spacial score (nSPS) is 18.9. The Morgan fingerprint density at radius 1 is 1.38 bits per heavy atom. The SMILES string of the molecule is CC(O)CCc1c(C2CCCCC2)cc[s+]1-n1ccnc1. The minimum absolute atomic E-state index is 0.00340. The second-order valence-corrected chi connectivity index (χ2v) is 7.96. The third-order valence-corrected chi connectivity index (χ3v) is 6.50. The van der Waals surface area contributed by atoms with Gasteiger partial charge in [-0.15, -0.1) is 3.97 Å². The molecule has 0 saturated heterocycles. The van der Waals surface area contributed by atoms with Gasteiger partial charge in [-0.1, -0.05) is 19.3 Å². The van der Waals surface area contributed by atoms with Crippen molar-refractivity contribution in [3.8, 4) is 0 Å².